The van der Waals surface area contributed by atoms with Gasteiger partial charge in [0, 0.05) is 17.8 Å². The van der Waals surface area contributed by atoms with E-state index in [-0.39, 0.29) is 12.3 Å². The number of nitrogens with one attached hydrogen (secondary N) is 1. The molecule has 130 valence electrons. The van der Waals surface area contributed by atoms with Crippen molar-refractivity contribution >= 4 is 23.3 Å². The summed E-state index contributed by atoms with van der Waals surface area (Å²) in [4.78, 5) is 33.4. The number of amides is 1. The number of hydrogen-bond acceptors (Lipinski definition) is 6. The Kier molecular flexibility index (Phi) is 5.67. The van der Waals surface area contributed by atoms with Crippen molar-refractivity contribution in [3.63, 3.8) is 0 Å². The number of non-ortho nitro benzene ring substituents is 1. The number of carbonyl (C=O) groups excluding carboxylic acids is 2. The highest BCUT2D eigenvalue weighted by Gasteiger charge is 2.11. The summed E-state index contributed by atoms with van der Waals surface area (Å²) in [6, 6.07) is 10.3. The molecule has 8 heteroatoms. The van der Waals surface area contributed by atoms with Crippen LogP contribution < -0.4 is 10.1 Å². The highest BCUT2D eigenvalue weighted by atomic mass is 16.6. The number of nitro groups is 1. The van der Waals surface area contributed by atoms with Crippen molar-refractivity contribution in [3.05, 3.63) is 63.7 Å². The normalized spacial score (nSPS) is 10.0. The first-order chi connectivity index (χ1) is 11.9. The molecule has 1 N–H and O–H groups in total. The van der Waals surface area contributed by atoms with Crippen LogP contribution in [0.4, 0.5) is 11.4 Å². The highest BCUT2D eigenvalue weighted by Crippen LogP contribution is 2.23. The van der Waals surface area contributed by atoms with Crippen molar-refractivity contribution in [1.29, 1.82) is 0 Å². The van der Waals surface area contributed by atoms with E-state index in [1.54, 1.807) is 19.1 Å². The first-order valence-corrected chi connectivity index (χ1v) is 7.27. The molecule has 2 rings (SSSR count). The van der Waals surface area contributed by atoms with Gasteiger partial charge in [0.15, 0.2) is 6.61 Å². The van der Waals surface area contributed by atoms with Crippen LogP contribution in [0.15, 0.2) is 42.5 Å². The molecule has 0 aliphatic rings. The van der Waals surface area contributed by atoms with Crippen molar-refractivity contribution in [2.24, 2.45) is 0 Å². The molecule has 8 nitrogen and oxygen atoms in total. The predicted molar refractivity (Wildman–Crippen MR) is 89.7 cm³/mol. The van der Waals surface area contributed by atoms with Gasteiger partial charge in [-0.25, -0.2) is 4.79 Å². The molecule has 0 unspecified atom stereocenters. The van der Waals surface area contributed by atoms with Crippen molar-refractivity contribution in [1.82, 2.24) is 0 Å². The van der Waals surface area contributed by atoms with E-state index in [0.29, 0.717) is 22.6 Å². The fraction of sp³-hybridized carbons (Fsp3) is 0.176. The van der Waals surface area contributed by atoms with Crippen LogP contribution in [0.3, 0.4) is 0 Å². The van der Waals surface area contributed by atoms with Crippen LogP contribution in [-0.4, -0.2) is 30.5 Å². The standard InChI is InChI=1S/C17H16N2O6/c1-11-9-14(19(22)23)7-8-15(11)25-10-16(20)18-13-5-3-12(4-6-13)17(21)24-2/h3-9H,10H2,1-2H3,(H,18,20). The average molecular weight is 344 g/mol. The SMILES string of the molecule is COC(=O)c1ccc(NC(=O)COc2ccc([N+](=O)[O-])cc2C)cc1. The van der Waals surface area contributed by atoms with Crippen LogP contribution in [0.25, 0.3) is 0 Å². The topological polar surface area (TPSA) is 108 Å². The van der Waals surface area contributed by atoms with E-state index in [4.69, 9.17) is 4.74 Å². The number of hydrogen-bond donors (Lipinski definition) is 1. The van der Waals surface area contributed by atoms with Crippen molar-refractivity contribution < 1.29 is 24.0 Å². The molecule has 0 fully saturated rings. The second-order valence-corrected chi connectivity index (χ2v) is 5.11. The second kappa shape index (κ2) is 7.91. The summed E-state index contributed by atoms with van der Waals surface area (Å²) in [5.41, 5.74) is 1.39. The molecule has 0 radical (unpaired) electrons. The monoisotopic (exact) mass is 344 g/mol. The van der Waals surface area contributed by atoms with Crippen LogP contribution in [0.2, 0.25) is 0 Å². The third-order valence-electron chi connectivity index (χ3n) is 3.32. The summed E-state index contributed by atoms with van der Waals surface area (Å²) in [5.74, 6) is -0.472. The van der Waals surface area contributed by atoms with E-state index in [1.807, 2.05) is 0 Å². The third-order valence-corrected chi connectivity index (χ3v) is 3.32. The molecule has 0 saturated heterocycles. The summed E-state index contributed by atoms with van der Waals surface area (Å²) >= 11 is 0. The Balaban J connectivity index is 1.92. The maximum atomic E-state index is 11.9. The molecule has 2 aromatic rings. The van der Waals surface area contributed by atoms with E-state index in [1.165, 1.54) is 37.4 Å². The van der Waals surface area contributed by atoms with Gasteiger partial charge in [0.05, 0.1) is 17.6 Å². The van der Waals surface area contributed by atoms with Crippen LogP contribution in [0.1, 0.15) is 15.9 Å². The lowest BCUT2D eigenvalue weighted by molar-refractivity contribution is -0.384. The van der Waals surface area contributed by atoms with Gasteiger partial charge in [0.1, 0.15) is 5.75 Å². The van der Waals surface area contributed by atoms with E-state index < -0.39 is 16.8 Å². The first-order valence-electron chi connectivity index (χ1n) is 7.27. The summed E-state index contributed by atoms with van der Waals surface area (Å²) in [6.07, 6.45) is 0. The zero-order chi connectivity index (χ0) is 18.4. The van der Waals surface area contributed by atoms with Crippen molar-refractivity contribution in [2.45, 2.75) is 6.92 Å². The van der Waals surface area contributed by atoms with E-state index in [0.717, 1.165) is 0 Å². The average Bonchev–Trinajstić information content (AvgIpc) is 2.60. The number of rotatable bonds is 6. The molecule has 25 heavy (non-hydrogen) atoms. The largest absolute Gasteiger partial charge is 0.483 e. The van der Waals surface area contributed by atoms with E-state index >= 15 is 0 Å². The molecule has 0 aliphatic carbocycles. The molecule has 0 heterocycles. The number of methoxy groups -OCH3 is 1. The fourth-order valence-electron chi connectivity index (χ4n) is 2.06. The number of esters is 1. The van der Waals surface area contributed by atoms with Crippen molar-refractivity contribution in [2.75, 3.05) is 19.0 Å². The number of anilines is 1. The zero-order valence-electron chi connectivity index (χ0n) is 13.6. The van der Waals surface area contributed by atoms with Gasteiger partial charge in [-0.3, -0.25) is 14.9 Å². The summed E-state index contributed by atoms with van der Waals surface area (Å²) in [7, 11) is 1.29. The van der Waals surface area contributed by atoms with Gasteiger partial charge in [-0.2, -0.15) is 0 Å². The lowest BCUT2D eigenvalue weighted by Crippen LogP contribution is -2.20. The number of nitro benzene ring substituents is 1. The lowest BCUT2D eigenvalue weighted by atomic mass is 10.2. The Labute approximate surface area is 143 Å². The molecule has 0 aliphatic heterocycles. The summed E-state index contributed by atoms with van der Waals surface area (Å²) < 4.78 is 9.97. The quantitative estimate of drug-likeness (QED) is 0.490. The number of aryl methyl sites for hydroxylation is 1. The Bertz CT molecular complexity index is 801. The Morgan fingerprint density at radius 1 is 1.16 bits per heavy atom. The predicted octanol–water partition coefficient (Wildman–Crippen LogP) is 2.71. The van der Waals surface area contributed by atoms with Gasteiger partial charge < -0.3 is 14.8 Å². The van der Waals surface area contributed by atoms with Gasteiger partial charge in [-0.1, -0.05) is 0 Å². The molecule has 2 aromatic carbocycles. The minimum absolute atomic E-state index is 0.0417. The van der Waals surface area contributed by atoms with Gasteiger partial charge in [-0.15, -0.1) is 0 Å². The van der Waals surface area contributed by atoms with Crippen LogP contribution in [0, 0.1) is 17.0 Å². The Morgan fingerprint density at radius 2 is 1.84 bits per heavy atom. The molecular weight excluding hydrogens is 328 g/mol. The lowest BCUT2D eigenvalue weighted by Gasteiger charge is -2.10. The van der Waals surface area contributed by atoms with Gasteiger partial charge in [0.25, 0.3) is 11.6 Å². The van der Waals surface area contributed by atoms with Crippen LogP contribution in [-0.2, 0) is 9.53 Å². The Morgan fingerprint density at radius 3 is 2.40 bits per heavy atom. The fourth-order valence-corrected chi connectivity index (χ4v) is 2.06. The van der Waals surface area contributed by atoms with Crippen molar-refractivity contribution in [3.8, 4) is 5.75 Å². The van der Waals surface area contributed by atoms with E-state index in [9.17, 15) is 19.7 Å². The maximum absolute atomic E-state index is 11.9. The van der Waals surface area contributed by atoms with Gasteiger partial charge >= 0.3 is 5.97 Å². The molecular formula is C17H16N2O6. The minimum atomic E-state index is -0.499. The molecule has 1 amide bonds. The number of benzene rings is 2. The summed E-state index contributed by atoms with van der Waals surface area (Å²) in [5, 5.41) is 13.3. The molecule has 0 bridgehead atoms. The third kappa shape index (κ3) is 4.77. The number of ether oxygens (including phenoxy) is 2. The molecule has 0 atom stereocenters. The summed E-state index contributed by atoms with van der Waals surface area (Å²) in [6.45, 7) is 1.41. The van der Waals surface area contributed by atoms with Crippen LogP contribution >= 0.6 is 0 Å². The van der Waals surface area contributed by atoms with Gasteiger partial charge in [0.2, 0.25) is 0 Å². The molecule has 0 aromatic heterocycles. The van der Waals surface area contributed by atoms with Crippen LogP contribution in [0.5, 0.6) is 5.75 Å². The smallest absolute Gasteiger partial charge is 0.337 e. The molecule has 0 saturated carbocycles. The molecule has 0 spiro atoms. The Hall–Kier alpha value is -3.42. The first kappa shape index (κ1) is 17.9. The second-order valence-electron chi connectivity index (χ2n) is 5.11. The van der Waals surface area contributed by atoms with Gasteiger partial charge in [-0.05, 0) is 42.8 Å². The number of nitrogens with zero attached hydrogens (tertiary/aromatic N) is 1. The maximum Gasteiger partial charge on any atom is 0.337 e. The zero-order valence-corrected chi connectivity index (χ0v) is 13.6. The number of carbonyl (C=O) groups is 2. The van der Waals surface area contributed by atoms with E-state index in [2.05, 4.69) is 10.1 Å². The highest BCUT2D eigenvalue weighted by molar-refractivity contribution is 5.93. The minimum Gasteiger partial charge on any atom is -0.483 e.